The molecule has 0 aliphatic heterocycles. The lowest BCUT2D eigenvalue weighted by Gasteiger charge is -2.11. The Balaban J connectivity index is 1.58. The SMILES string of the molecule is C=CCCc1ccc(-c2ccc3c(F)c(CCc4cc(F)c(Cl)c(F)c4)ccc3c2)c(F)c1. The van der Waals surface area contributed by atoms with Gasteiger partial charge in [-0.2, -0.15) is 0 Å². The van der Waals surface area contributed by atoms with Gasteiger partial charge >= 0.3 is 0 Å². The molecule has 5 heteroatoms. The Morgan fingerprint density at radius 3 is 2.15 bits per heavy atom. The normalized spacial score (nSPS) is 11.2. The number of benzene rings is 4. The van der Waals surface area contributed by atoms with Crippen LogP contribution >= 0.6 is 11.6 Å². The molecule has 0 N–H and O–H groups in total. The van der Waals surface area contributed by atoms with Gasteiger partial charge in [-0.05, 0) is 77.6 Å². The smallest absolute Gasteiger partial charge is 0.145 e. The first-order chi connectivity index (χ1) is 15.9. The van der Waals surface area contributed by atoms with E-state index in [1.165, 1.54) is 6.07 Å². The summed E-state index contributed by atoms with van der Waals surface area (Å²) in [6.45, 7) is 3.68. The molecule has 0 spiro atoms. The van der Waals surface area contributed by atoms with Crippen molar-refractivity contribution in [1.29, 1.82) is 0 Å². The maximum atomic E-state index is 15.1. The van der Waals surface area contributed by atoms with Gasteiger partial charge in [-0.25, -0.2) is 17.6 Å². The Labute approximate surface area is 195 Å². The van der Waals surface area contributed by atoms with Crippen molar-refractivity contribution < 1.29 is 17.6 Å². The molecule has 4 aromatic carbocycles. The predicted octanol–water partition coefficient (Wildman–Crippen LogP) is 8.62. The van der Waals surface area contributed by atoms with Gasteiger partial charge in [0, 0.05) is 10.9 Å². The molecule has 168 valence electrons. The maximum Gasteiger partial charge on any atom is 0.145 e. The van der Waals surface area contributed by atoms with Crippen LogP contribution in [0.3, 0.4) is 0 Å². The minimum atomic E-state index is -0.834. The van der Waals surface area contributed by atoms with Crippen LogP contribution in [0.2, 0.25) is 5.02 Å². The average molecular weight is 469 g/mol. The second kappa shape index (κ2) is 9.80. The highest BCUT2D eigenvalue weighted by atomic mass is 35.5. The molecule has 0 aliphatic carbocycles. The van der Waals surface area contributed by atoms with Crippen LogP contribution in [-0.4, -0.2) is 0 Å². The van der Waals surface area contributed by atoms with E-state index < -0.39 is 22.5 Å². The van der Waals surface area contributed by atoms with Crippen LogP contribution in [0.15, 0.2) is 73.3 Å². The van der Waals surface area contributed by atoms with E-state index in [9.17, 15) is 13.2 Å². The summed E-state index contributed by atoms with van der Waals surface area (Å²) in [5.74, 6) is -2.39. The van der Waals surface area contributed by atoms with E-state index >= 15 is 4.39 Å². The summed E-state index contributed by atoms with van der Waals surface area (Å²) in [5, 5.41) is 0.509. The second-order valence-corrected chi connectivity index (χ2v) is 8.37. The van der Waals surface area contributed by atoms with Gasteiger partial charge in [0.05, 0.1) is 0 Å². The monoisotopic (exact) mass is 468 g/mol. The third-order valence-corrected chi connectivity index (χ3v) is 6.10. The number of aryl methyl sites for hydroxylation is 3. The lowest BCUT2D eigenvalue weighted by Crippen LogP contribution is -1.98. The lowest BCUT2D eigenvalue weighted by molar-refractivity contribution is 0.579. The summed E-state index contributed by atoms with van der Waals surface area (Å²) in [7, 11) is 0. The predicted molar refractivity (Wildman–Crippen MR) is 127 cm³/mol. The standard InChI is InChI=1S/C28H21ClF4/c1-2-3-4-17-6-11-22(24(30)13-17)20-10-12-23-21(16-20)9-8-19(28(23)33)7-5-18-14-25(31)27(29)26(32)15-18/h2,6,8-16H,1,3-5,7H2. The van der Waals surface area contributed by atoms with Crippen LogP contribution in [0.5, 0.6) is 0 Å². The van der Waals surface area contributed by atoms with E-state index in [1.807, 2.05) is 6.07 Å². The van der Waals surface area contributed by atoms with Crippen molar-refractivity contribution in [2.24, 2.45) is 0 Å². The van der Waals surface area contributed by atoms with Gasteiger partial charge in [-0.3, -0.25) is 0 Å². The van der Waals surface area contributed by atoms with Crippen molar-refractivity contribution >= 4 is 22.4 Å². The zero-order valence-corrected chi connectivity index (χ0v) is 18.5. The van der Waals surface area contributed by atoms with Crippen molar-refractivity contribution in [3.8, 4) is 11.1 Å². The fourth-order valence-electron chi connectivity index (χ4n) is 3.95. The number of halogens is 5. The molecule has 0 nitrogen and oxygen atoms in total. The summed E-state index contributed by atoms with van der Waals surface area (Å²) in [5.41, 5.74) is 2.85. The fourth-order valence-corrected chi connectivity index (χ4v) is 4.06. The zero-order valence-electron chi connectivity index (χ0n) is 17.8. The van der Waals surface area contributed by atoms with Crippen LogP contribution in [0.1, 0.15) is 23.1 Å². The molecule has 0 radical (unpaired) electrons. The molecule has 0 unspecified atom stereocenters. The number of allylic oxidation sites excluding steroid dienone is 1. The Bertz CT molecular complexity index is 1320. The summed E-state index contributed by atoms with van der Waals surface area (Å²) in [6, 6.07) is 16.0. The first-order valence-electron chi connectivity index (χ1n) is 10.6. The molecule has 0 aromatic heterocycles. The van der Waals surface area contributed by atoms with Gasteiger partial charge < -0.3 is 0 Å². The van der Waals surface area contributed by atoms with Crippen molar-refractivity contribution in [3.63, 3.8) is 0 Å². The van der Waals surface area contributed by atoms with Gasteiger partial charge in [0.1, 0.15) is 28.3 Å². The number of rotatable bonds is 7. The highest BCUT2D eigenvalue weighted by Crippen LogP contribution is 2.30. The lowest BCUT2D eigenvalue weighted by atomic mass is 9.96. The first-order valence-corrected chi connectivity index (χ1v) is 11.0. The summed E-state index contributed by atoms with van der Waals surface area (Å²) >= 11 is 5.51. The molecule has 4 aromatic rings. The highest BCUT2D eigenvalue weighted by Gasteiger charge is 2.13. The van der Waals surface area contributed by atoms with Crippen LogP contribution in [0.4, 0.5) is 17.6 Å². The Kier molecular flexibility index (Phi) is 6.85. The molecule has 0 amide bonds. The van der Waals surface area contributed by atoms with Gasteiger partial charge in [0.15, 0.2) is 0 Å². The molecule has 4 rings (SSSR count). The minimum Gasteiger partial charge on any atom is -0.206 e. The molecule has 0 aliphatic rings. The van der Waals surface area contributed by atoms with Gasteiger partial charge in [0.2, 0.25) is 0 Å². The van der Waals surface area contributed by atoms with Crippen molar-refractivity contribution in [1.82, 2.24) is 0 Å². The third-order valence-electron chi connectivity index (χ3n) is 5.74. The van der Waals surface area contributed by atoms with E-state index in [2.05, 4.69) is 6.58 Å². The van der Waals surface area contributed by atoms with E-state index in [-0.39, 0.29) is 18.7 Å². The first kappa shape index (κ1) is 23.1. The summed E-state index contributed by atoms with van der Waals surface area (Å²) in [6.07, 6.45) is 3.82. The Morgan fingerprint density at radius 2 is 1.45 bits per heavy atom. The molecule has 0 fully saturated rings. The van der Waals surface area contributed by atoms with E-state index in [4.69, 9.17) is 11.6 Å². The van der Waals surface area contributed by atoms with E-state index in [1.54, 1.807) is 42.5 Å². The quantitative estimate of drug-likeness (QED) is 0.145. The zero-order chi connectivity index (χ0) is 23.5. The van der Waals surface area contributed by atoms with Crippen molar-refractivity contribution in [2.75, 3.05) is 0 Å². The summed E-state index contributed by atoms with van der Waals surface area (Å²) < 4.78 is 57.1. The highest BCUT2D eigenvalue weighted by molar-refractivity contribution is 6.30. The van der Waals surface area contributed by atoms with Crippen LogP contribution in [-0.2, 0) is 19.3 Å². The van der Waals surface area contributed by atoms with Crippen LogP contribution in [0, 0.1) is 23.3 Å². The van der Waals surface area contributed by atoms with Crippen molar-refractivity contribution in [3.05, 3.63) is 118 Å². The topological polar surface area (TPSA) is 0 Å². The molecule has 0 saturated carbocycles. The molecule has 0 saturated heterocycles. The Morgan fingerprint density at radius 1 is 0.727 bits per heavy atom. The maximum absolute atomic E-state index is 15.1. The van der Waals surface area contributed by atoms with E-state index in [0.29, 0.717) is 33.0 Å². The molecular formula is C28H21ClF4. The average Bonchev–Trinajstić information content (AvgIpc) is 2.80. The molecule has 33 heavy (non-hydrogen) atoms. The van der Waals surface area contributed by atoms with Crippen LogP contribution in [0.25, 0.3) is 21.9 Å². The molecular weight excluding hydrogens is 448 g/mol. The van der Waals surface area contributed by atoms with Gasteiger partial charge in [0.25, 0.3) is 0 Å². The fraction of sp³-hybridized carbons (Fsp3) is 0.143. The Hall–Kier alpha value is -3.11. The second-order valence-electron chi connectivity index (χ2n) is 7.99. The molecule has 0 heterocycles. The van der Waals surface area contributed by atoms with Crippen LogP contribution < -0.4 is 0 Å². The molecule has 0 atom stereocenters. The largest absolute Gasteiger partial charge is 0.206 e. The van der Waals surface area contributed by atoms with E-state index in [0.717, 1.165) is 30.5 Å². The number of hydrogen-bond acceptors (Lipinski definition) is 0. The summed E-state index contributed by atoms with van der Waals surface area (Å²) in [4.78, 5) is 0. The minimum absolute atomic E-state index is 0.259. The number of hydrogen-bond donors (Lipinski definition) is 0. The molecule has 0 bridgehead atoms. The number of fused-ring (bicyclic) bond motifs is 1. The van der Waals surface area contributed by atoms with Gasteiger partial charge in [-0.1, -0.05) is 54.1 Å². The van der Waals surface area contributed by atoms with Crippen molar-refractivity contribution in [2.45, 2.75) is 25.7 Å². The third kappa shape index (κ3) is 4.96. The van der Waals surface area contributed by atoms with Gasteiger partial charge in [-0.15, -0.1) is 6.58 Å².